The molecule has 15 heavy (non-hydrogen) atoms. The number of nitrogens with one attached hydrogen (secondary N) is 2. The van der Waals surface area contributed by atoms with Crippen molar-refractivity contribution in [1.29, 1.82) is 0 Å². The second kappa shape index (κ2) is 3.36. The van der Waals surface area contributed by atoms with Crippen molar-refractivity contribution < 1.29 is 4.79 Å². The Labute approximate surface area is 89.5 Å². The molecule has 1 aliphatic rings. The molecule has 1 aromatic rings. The molecule has 0 aliphatic heterocycles. The van der Waals surface area contributed by atoms with Crippen molar-refractivity contribution in [2.75, 3.05) is 0 Å². The molecule has 4 nitrogen and oxygen atoms in total. The van der Waals surface area contributed by atoms with Crippen LogP contribution in [0.4, 0.5) is 0 Å². The van der Waals surface area contributed by atoms with Crippen molar-refractivity contribution in [3.05, 3.63) is 17.0 Å². The van der Waals surface area contributed by atoms with Gasteiger partial charge in [0.1, 0.15) is 0 Å². The third kappa shape index (κ3) is 1.76. The molecule has 0 aromatic carbocycles. The quantitative estimate of drug-likeness (QED) is 0.775. The fourth-order valence-electron chi connectivity index (χ4n) is 2.05. The Hall–Kier alpha value is -1.32. The van der Waals surface area contributed by atoms with E-state index in [0.717, 1.165) is 24.2 Å². The molecule has 1 aromatic heterocycles. The topological polar surface area (TPSA) is 57.8 Å². The van der Waals surface area contributed by atoms with Crippen molar-refractivity contribution in [3.8, 4) is 0 Å². The van der Waals surface area contributed by atoms with Gasteiger partial charge in [-0.05, 0) is 40.0 Å². The summed E-state index contributed by atoms with van der Waals surface area (Å²) in [5.41, 5.74) is 2.32. The highest BCUT2D eigenvalue weighted by atomic mass is 16.1. The standard InChI is InChI=1S/C11H17N3O/c1-7-9(8(2)14-13-7)10(15)12-11(3)5-4-6-11/h4-6H2,1-3H3,(H,12,15)(H,13,14). The van der Waals surface area contributed by atoms with Crippen LogP contribution < -0.4 is 5.32 Å². The van der Waals surface area contributed by atoms with E-state index in [1.165, 1.54) is 6.42 Å². The second-order valence-corrected chi connectivity index (χ2v) is 4.68. The van der Waals surface area contributed by atoms with Crippen LogP contribution in [0.3, 0.4) is 0 Å². The van der Waals surface area contributed by atoms with Gasteiger partial charge in [-0.25, -0.2) is 0 Å². The normalized spacial score (nSPS) is 18.3. The number of aryl methyl sites for hydroxylation is 2. The van der Waals surface area contributed by atoms with Gasteiger partial charge in [0, 0.05) is 11.2 Å². The van der Waals surface area contributed by atoms with E-state index < -0.39 is 0 Å². The smallest absolute Gasteiger partial charge is 0.255 e. The van der Waals surface area contributed by atoms with Gasteiger partial charge in [0.05, 0.1) is 11.3 Å². The lowest BCUT2D eigenvalue weighted by Gasteiger charge is -2.39. The van der Waals surface area contributed by atoms with Crippen LogP contribution >= 0.6 is 0 Å². The molecule has 4 heteroatoms. The summed E-state index contributed by atoms with van der Waals surface area (Å²) in [5.74, 6) is 0.000880. The molecule has 1 heterocycles. The number of H-pyrrole nitrogens is 1. The maximum atomic E-state index is 12.0. The molecule has 1 saturated carbocycles. The fraction of sp³-hybridized carbons (Fsp3) is 0.636. The third-order valence-corrected chi connectivity index (χ3v) is 3.23. The predicted molar refractivity (Wildman–Crippen MR) is 57.8 cm³/mol. The van der Waals surface area contributed by atoms with E-state index >= 15 is 0 Å². The summed E-state index contributed by atoms with van der Waals surface area (Å²) in [5, 5.41) is 9.93. The van der Waals surface area contributed by atoms with E-state index in [9.17, 15) is 4.79 Å². The van der Waals surface area contributed by atoms with Crippen molar-refractivity contribution in [2.24, 2.45) is 0 Å². The zero-order chi connectivity index (χ0) is 11.1. The van der Waals surface area contributed by atoms with Gasteiger partial charge in [-0.15, -0.1) is 0 Å². The van der Waals surface area contributed by atoms with Crippen LogP contribution in [0.1, 0.15) is 47.9 Å². The van der Waals surface area contributed by atoms with Gasteiger partial charge in [0.2, 0.25) is 0 Å². The first kappa shape index (κ1) is 10.2. The number of carbonyl (C=O) groups is 1. The molecule has 1 amide bonds. The number of carbonyl (C=O) groups excluding carboxylic acids is 1. The van der Waals surface area contributed by atoms with Crippen LogP contribution in [0.25, 0.3) is 0 Å². The van der Waals surface area contributed by atoms with E-state index in [4.69, 9.17) is 0 Å². The highest BCUT2D eigenvalue weighted by molar-refractivity contribution is 5.96. The van der Waals surface area contributed by atoms with Gasteiger partial charge in [-0.3, -0.25) is 9.89 Å². The predicted octanol–water partition coefficient (Wildman–Crippen LogP) is 1.70. The summed E-state index contributed by atoms with van der Waals surface area (Å²) >= 11 is 0. The third-order valence-electron chi connectivity index (χ3n) is 3.23. The Kier molecular flexibility index (Phi) is 2.29. The maximum Gasteiger partial charge on any atom is 0.255 e. The molecule has 0 atom stereocenters. The molecule has 0 radical (unpaired) electrons. The zero-order valence-electron chi connectivity index (χ0n) is 9.48. The fourth-order valence-corrected chi connectivity index (χ4v) is 2.05. The Morgan fingerprint density at radius 2 is 2.13 bits per heavy atom. The number of rotatable bonds is 2. The molecule has 0 unspecified atom stereocenters. The summed E-state index contributed by atoms with van der Waals surface area (Å²) in [6.45, 7) is 5.82. The zero-order valence-corrected chi connectivity index (χ0v) is 9.48. The molecule has 2 N–H and O–H groups in total. The summed E-state index contributed by atoms with van der Waals surface area (Å²) < 4.78 is 0. The van der Waals surface area contributed by atoms with Crippen molar-refractivity contribution in [3.63, 3.8) is 0 Å². The molecule has 2 rings (SSSR count). The second-order valence-electron chi connectivity index (χ2n) is 4.68. The van der Waals surface area contributed by atoms with Crippen LogP contribution in [0, 0.1) is 13.8 Å². The minimum Gasteiger partial charge on any atom is -0.347 e. The van der Waals surface area contributed by atoms with E-state index in [-0.39, 0.29) is 11.4 Å². The number of nitrogens with zero attached hydrogens (tertiary/aromatic N) is 1. The number of aromatic amines is 1. The van der Waals surface area contributed by atoms with Crippen LogP contribution in [0.5, 0.6) is 0 Å². The van der Waals surface area contributed by atoms with Gasteiger partial charge < -0.3 is 5.32 Å². The van der Waals surface area contributed by atoms with Crippen LogP contribution in [0.15, 0.2) is 0 Å². The molecule has 1 fully saturated rings. The molecular formula is C11H17N3O. The Morgan fingerprint density at radius 3 is 2.53 bits per heavy atom. The molecular weight excluding hydrogens is 190 g/mol. The molecule has 82 valence electrons. The van der Waals surface area contributed by atoms with E-state index in [0.29, 0.717) is 5.56 Å². The highest BCUT2D eigenvalue weighted by Gasteiger charge is 2.34. The summed E-state index contributed by atoms with van der Waals surface area (Å²) in [6, 6.07) is 0. The summed E-state index contributed by atoms with van der Waals surface area (Å²) in [4.78, 5) is 12.0. The van der Waals surface area contributed by atoms with E-state index in [1.807, 2.05) is 13.8 Å². The van der Waals surface area contributed by atoms with Gasteiger partial charge in [0.25, 0.3) is 5.91 Å². The highest BCUT2D eigenvalue weighted by Crippen LogP contribution is 2.31. The first-order valence-corrected chi connectivity index (χ1v) is 5.36. The monoisotopic (exact) mass is 207 g/mol. The SMILES string of the molecule is Cc1n[nH]c(C)c1C(=O)NC1(C)CCC1. The first-order chi connectivity index (χ1) is 7.02. The number of amides is 1. The lowest BCUT2D eigenvalue weighted by atomic mass is 9.78. The van der Waals surface area contributed by atoms with Crippen LogP contribution in [-0.2, 0) is 0 Å². The minimum absolute atomic E-state index is 0.000880. The largest absolute Gasteiger partial charge is 0.347 e. The van der Waals surface area contributed by atoms with Crippen LogP contribution in [0.2, 0.25) is 0 Å². The number of hydrogen-bond donors (Lipinski definition) is 2. The molecule has 1 aliphatic carbocycles. The molecule has 0 spiro atoms. The first-order valence-electron chi connectivity index (χ1n) is 5.36. The van der Waals surface area contributed by atoms with E-state index in [1.54, 1.807) is 0 Å². The Morgan fingerprint density at radius 1 is 1.47 bits per heavy atom. The lowest BCUT2D eigenvalue weighted by molar-refractivity contribution is 0.0849. The van der Waals surface area contributed by atoms with Crippen molar-refractivity contribution in [1.82, 2.24) is 15.5 Å². The Bertz CT molecular complexity index is 371. The molecule has 0 bridgehead atoms. The lowest BCUT2D eigenvalue weighted by Crippen LogP contribution is -2.51. The molecule has 0 saturated heterocycles. The van der Waals surface area contributed by atoms with Gasteiger partial charge >= 0.3 is 0 Å². The van der Waals surface area contributed by atoms with Crippen LogP contribution in [-0.4, -0.2) is 21.6 Å². The van der Waals surface area contributed by atoms with Gasteiger partial charge in [-0.1, -0.05) is 0 Å². The minimum atomic E-state index is 0.000880. The Balaban J connectivity index is 2.14. The summed E-state index contributed by atoms with van der Waals surface area (Å²) in [6.07, 6.45) is 3.36. The van der Waals surface area contributed by atoms with Crippen molar-refractivity contribution >= 4 is 5.91 Å². The van der Waals surface area contributed by atoms with E-state index in [2.05, 4.69) is 22.4 Å². The average Bonchev–Trinajstić information content (AvgIpc) is 2.43. The van der Waals surface area contributed by atoms with Gasteiger partial charge in [-0.2, -0.15) is 5.10 Å². The maximum absolute atomic E-state index is 12.0. The number of hydrogen-bond acceptors (Lipinski definition) is 2. The number of aromatic nitrogens is 2. The summed E-state index contributed by atoms with van der Waals surface area (Å²) in [7, 11) is 0. The van der Waals surface area contributed by atoms with Crippen molar-refractivity contribution in [2.45, 2.75) is 45.6 Å². The van der Waals surface area contributed by atoms with Gasteiger partial charge in [0.15, 0.2) is 0 Å². The average molecular weight is 207 g/mol.